The van der Waals surface area contributed by atoms with Crippen molar-refractivity contribution in [2.75, 3.05) is 13.2 Å². The average molecular weight is 423 g/mol. The largest absolute Gasteiger partial charge is 0.490 e. The van der Waals surface area contributed by atoms with E-state index in [-0.39, 0.29) is 12.3 Å². The average Bonchev–Trinajstić information content (AvgIpc) is 2.62. The number of benzene rings is 2. The summed E-state index contributed by atoms with van der Waals surface area (Å²) in [6, 6.07) is 9.85. The summed E-state index contributed by atoms with van der Waals surface area (Å²) in [7, 11) is 0. The van der Waals surface area contributed by atoms with E-state index in [0.29, 0.717) is 30.3 Å². The Bertz CT molecular complexity index is 795. The Labute approximate surface area is 159 Å². The van der Waals surface area contributed by atoms with Crippen LogP contribution in [0.2, 0.25) is 0 Å². The van der Waals surface area contributed by atoms with Crippen molar-refractivity contribution in [1.82, 2.24) is 0 Å². The number of hydrogen-bond donors (Lipinski definition) is 0. The molecule has 2 aromatic rings. The van der Waals surface area contributed by atoms with E-state index in [2.05, 4.69) is 21.1 Å². The van der Waals surface area contributed by atoms with Gasteiger partial charge in [-0.3, -0.25) is 10.1 Å². The maximum Gasteiger partial charge on any atom is 0.269 e. The van der Waals surface area contributed by atoms with Crippen molar-refractivity contribution in [2.45, 2.75) is 20.5 Å². The highest BCUT2D eigenvalue weighted by Crippen LogP contribution is 2.33. The fraction of sp³-hybridized carbons (Fsp3) is 0.278. The Hall–Kier alpha value is -2.61. The molecule has 0 aliphatic rings. The van der Waals surface area contributed by atoms with Gasteiger partial charge in [0.05, 0.1) is 24.4 Å². The van der Waals surface area contributed by atoms with Crippen molar-refractivity contribution >= 4 is 27.8 Å². The van der Waals surface area contributed by atoms with Gasteiger partial charge in [-0.1, -0.05) is 17.3 Å². The van der Waals surface area contributed by atoms with E-state index < -0.39 is 4.92 Å². The molecule has 0 saturated carbocycles. The zero-order valence-electron chi connectivity index (χ0n) is 14.5. The summed E-state index contributed by atoms with van der Waals surface area (Å²) in [4.78, 5) is 15.6. The van der Waals surface area contributed by atoms with Crippen molar-refractivity contribution in [3.05, 3.63) is 62.1 Å². The number of rotatable bonds is 9. The Kier molecular flexibility index (Phi) is 7.40. The molecule has 0 aliphatic heterocycles. The minimum absolute atomic E-state index is 0.0192. The number of hydrogen-bond acceptors (Lipinski definition) is 6. The molecule has 0 bridgehead atoms. The maximum absolute atomic E-state index is 10.8. The number of ether oxygens (including phenoxy) is 2. The summed E-state index contributed by atoms with van der Waals surface area (Å²) in [6.07, 6.45) is 1.54. The smallest absolute Gasteiger partial charge is 0.269 e. The quantitative estimate of drug-likeness (QED) is 0.332. The molecule has 2 aromatic carbocycles. The highest BCUT2D eigenvalue weighted by Gasteiger charge is 2.10. The summed E-state index contributed by atoms with van der Waals surface area (Å²) in [5.74, 6) is 1.27. The Morgan fingerprint density at radius 3 is 2.50 bits per heavy atom. The normalized spacial score (nSPS) is 10.7. The molecule has 0 radical (unpaired) electrons. The summed E-state index contributed by atoms with van der Waals surface area (Å²) >= 11 is 3.47. The molecule has 0 spiro atoms. The lowest BCUT2D eigenvalue weighted by Gasteiger charge is -2.12. The van der Waals surface area contributed by atoms with E-state index in [9.17, 15) is 10.1 Å². The van der Waals surface area contributed by atoms with Gasteiger partial charge in [-0.15, -0.1) is 0 Å². The van der Waals surface area contributed by atoms with Gasteiger partial charge in [0.2, 0.25) is 0 Å². The van der Waals surface area contributed by atoms with E-state index in [1.807, 2.05) is 19.9 Å². The molecular weight excluding hydrogens is 404 g/mol. The molecular formula is C18H19BrN2O5. The number of halogens is 1. The maximum atomic E-state index is 10.8. The first-order valence-electron chi connectivity index (χ1n) is 8.03. The molecule has 7 nitrogen and oxygen atoms in total. The van der Waals surface area contributed by atoms with Crippen LogP contribution in [0.5, 0.6) is 11.5 Å². The third-order valence-electron chi connectivity index (χ3n) is 3.28. The van der Waals surface area contributed by atoms with Crippen LogP contribution in [0, 0.1) is 10.1 Å². The zero-order valence-corrected chi connectivity index (χ0v) is 16.1. The van der Waals surface area contributed by atoms with E-state index in [0.717, 1.165) is 10.0 Å². The predicted octanol–water partition coefficient (Wildman–Crippen LogP) is 4.71. The first-order valence-corrected chi connectivity index (χ1v) is 8.82. The Morgan fingerprint density at radius 2 is 1.85 bits per heavy atom. The molecule has 0 aromatic heterocycles. The lowest BCUT2D eigenvalue weighted by molar-refractivity contribution is -0.384. The van der Waals surface area contributed by atoms with Gasteiger partial charge in [0.25, 0.3) is 5.69 Å². The van der Waals surface area contributed by atoms with E-state index in [4.69, 9.17) is 14.3 Å². The number of non-ortho nitro benzene ring substituents is 1. The monoisotopic (exact) mass is 422 g/mol. The third-order valence-corrected chi connectivity index (χ3v) is 3.97. The second-order valence-electron chi connectivity index (χ2n) is 5.12. The van der Waals surface area contributed by atoms with Gasteiger partial charge in [-0.25, -0.2) is 0 Å². The van der Waals surface area contributed by atoms with Crippen LogP contribution in [0.25, 0.3) is 0 Å². The van der Waals surface area contributed by atoms with Gasteiger partial charge in [0, 0.05) is 22.2 Å². The third kappa shape index (κ3) is 5.45. The molecule has 0 fully saturated rings. The summed E-state index contributed by atoms with van der Waals surface area (Å²) < 4.78 is 11.9. The van der Waals surface area contributed by atoms with Gasteiger partial charge >= 0.3 is 0 Å². The minimum atomic E-state index is -0.445. The molecule has 0 heterocycles. The highest BCUT2D eigenvalue weighted by molar-refractivity contribution is 9.10. The number of nitrogens with zero attached hydrogens (tertiary/aromatic N) is 2. The molecule has 0 aliphatic carbocycles. The second kappa shape index (κ2) is 9.76. The SMILES string of the molecule is CCOc1cc(Br)c(/C=N\OCc2cccc([N+](=O)[O-])c2)cc1OCC. The predicted molar refractivity (Wildman–Crippen MR) is 102 cm³/mol. The van der Waals surface area contributed by atoms with E-state index >= 15 is 0 Å². The molecule has 0 atom stereocenters. The van der Waals surface area contributed by atoms with Crippen LogP contribution in [0.1, 0.15) is 25.0 Å². The zero-order chi connectivity index (χ0) is 18.9. The highest BCUT2D eigenvalue weighted by atomic mass is 79.9. The van der Waals surface area contributed by atoms with Gasteiger partial charge < -0.3 is 14.3 Å². The minimum Gasteiger partial charge on any atom is -0.490 e. The molecule has 0 N–H and O–H groups in total. The number of nitro groups is 1. The first-order chi connectivity index (χ1) is 12.5. The lowest BCUT2D eigenvalue weighted by atomic mass is 10.2. The van der Waals surface area contributed by atoms with Crippen LogP contribution in [0.15, 0.2) is 46.0 Å². The first kappa shape index (κ1) is 19.7. The van der Waals surface area contributed by atoms with Crippen molar-refractivity contribution in [3.8, 4) is 11.5 Å². The van der Waals surface area contributed by atoms with Crippen LogP contribution in [0.3, 0.4) is 0 Å². The van der Waals surface area contributed by atoms with Gasteiger partial charge in [-0.2, -0.15) is 0 Å². The van der Waals surface area contributed by atoms with Gasteiger partial charge in [0.15, 0.2) is 11.5 Å². The fourth-order valence-corrected chi connectivity index (χ4v) is 2.58. The lowest BCUT2D eigenvalue weighted by Crippen LogP contribution is -2.00. The van der Waals surface area contributed by atoms with Crippen LogP contribution in [-0.4, -0.2) is 24.4 Å². The summed E-state index contributed by atoms with van der Waals surface area (Å²) in [6.45, 7) is 4.98. The molecule has 2 rings (SSSR count). The van der Waals surface area contributed by atoms with Crippen LogP contribution >= 0.6 is 15.9 Å². The van der Waals surface area contributed by atoms with Gasteiger partial charge in [0.1, 0.15) is 6.61 Å². The summed E-state index contributed by atoms with van der Waals surface area (Å²) in [5, 5.41) is 14.7. The molecule has 8 heteroatoms. The number of nitro benzene ring substituents is 1. The van der Waals surface area contributed by atoms with Crippen molar-refractivity contribution in [3.63, 3.8) is 0 Å². The van der Waals surface area contributed by atoms with Gasteiger partial charge in [-0.05, 0) is 47.5 Å². The van der Waals surface area contributed by atoms with Crippen molar-refractivity contribution in [1.29, 1.82) is 0 Å². The fourth-order valence-electron chi connectivity index (χ4n) is 2.15. The van der Waals surface area contributed by atoms with Crippen molar-refractivity contribution in [2.24, 2.45) is 5.16 Å². The van der Waals surface area contributed by atoms with Crippen LogP contribution < -0.4 is 9.47 Å². The molecule has 26 heavy (non-hydrogen) atoms. The Morgan fingerprint density at radius 1 is 1.15 bits per heavy atom. The molecule has 0 saturated heterocycles. The number of oxime groups is 1. The summed E-state index contributed by atoms with van der Waals surface area (Å²) in [5.41, 5.74) is 1.44. The van der Waals surface area contributed by atoms with E-state index in [1.165, 1.54) is 12.1 Å². The topological polar surface area (TPSA) is 83.2 Å². The standard InChI is InChI=1S/C18H19BrN2O5/c1-3-24-17-9-14(16(19)10-18(17)25-4-2)11-20-26-12-13-6-5-7-15(8-13)21(22)23/h5-11H,3-4,12H2,1-2H3/b20-11-. The molecule has 0 amide bonds. The molecule has 138 valence electrons. The second-order valence-corrected chi connectivity index (χ2v) is 5.98. The molecule has 0 unspecified atom stereocenters. The Balaban J connectivity index is 2.06. The van der Waals surface area contributed by atoms with Crippen LogP contribution in [0.4, 0.5) is 5.69 Å². The van der Waals surface area contributed by atoms with E-state index in [1.54, 1.807) is 24.4 Å². The van der Waals surface area contributed by atoms with Crippen LogP contribution in [-0.2, 0) is 11.4 Å². The van der Waals surface area contributed by atoms with Crippen molar-refractivity contribution < 1.29 is 19.2 Å².